The van der Waals surface area contributed by atoms with E-state index in [0.29, 0.717) is 0 Å². The largest absolute Gasteiger partial charge is 0.424 e. The van der Waals surface area contributed by atoms with E-state index in [1.165, 1.54) is 0 Å². The maximum atomic E-state index is 10.2. The Morgan fingerprint density at radius 1 is 0.846 bits per heavy atom. The van der Waals surface area contributed by atoms with Crippen molar-refractivity contribution >= 4 is 0 Å². The molecule has 150 valence electrons. The van der Waals surface area contributed by atoms with Crippen molar-refractivity contribution in [3.05, 3.63) is 10.4 Å². The number of hydrogen-bond acceptors (Lipinski definition) is 12. The fourth-order valence-corrected chi connectivity index (χ4v) is 2.76. The van der Waals surface area contributed by atoms with Gasteiger partial charge in [-0.2, -0.15) is 0 Å². The molecule has 0 saturated carbocycles. The lowest BCUT2D eigenvalue weighted by molar-refractivity contribution is -0.358. The van der Waals surface area contributed by atoms with Crippen molar-refractivity contribution in [2.45, 2.75) is 61.4 Å². The van der Waals surface area contributed by atoms with Crippen LogP contribution in [-0.2, 0) is 19.0 Å². The van der Waals surface area contributed by atoms with E-state index in [2.05, 4.69) is 15.0 Å². The summed E-state index contributed by atoms with van der Waals surface area (Å²) in [5.74, 6) is 0. The molecule has 0 bridgehead atoms. The van der Waals surface area contributed by atoms with Crippen LogP contribution in [0.4, 0.5) is 0 Å². The molecule has 0 aromatic heterocycles. The number of azide groups is 1. The molecule has 2 fully saturated rings. The number of aliphatic hydroxyl groups excluding tert-OH is 7. The number of ether oxygens (including phenoxy) is 3. The maximum Gasteiger partial charge on any atom is 0.188 e. The Kier molecular flexibility index (Phi) is 7.33. The highest BCUT2D eigenvalue weighted by molar-refractivity contribution is 4.94. The molecule has 14 nitrogen and oxygen atoms in total. The summed E-state index contributed by atoms with van der Waals surface area (Å²) in [6.07, 6.45) is -15.8. The molecule has 0 radical (unpaired) electrons. The van der Waals surface area contributed by atoms with Gasteiger partial charge in [-0.3, -0.25) is 0 Å². The van der Waals surface area contributed by atoms with Crippen molar-refractivity contribution in [3.63, 3.8) is 0 Å². The molecule has 26 heavy (non-hydrogen) atoms. The fourth-order valence-electron chi connectivity index (χ4n) is 2.76. The quantitative estimate of drug-likeness (QED) is 0.101. The molecule has 2 rings (SSSR count). The van der Waals surface area contributed by atoms with Crippen LogP contribution in [0.1, 0.15) is 0 Å². The summed E-state index contributed by atoms with van der Waals surface area (Å²) in [6, 6.07) is 0. The Hall–Kier alpha value is -1.29. The minimum atomic E-state index is -1.77. The second kappa shape index (κ2) is 9.07. The third-order valence-corrected chi connectivity index (χ3v) is 4.16. The van der Waals surface area contributed by atoms with E-state index in [0.717, 1.165) is 0 Å². The number of rotatable bonds is 6. The molecule has 0 amide bonds. The van der Waals surface area contributed by atoms with Crippen LogP contribution in [0.5, 0.6) is 0 Å². The molecule has 0 aliphatic carbocycles. The van der Waals surface area contributed by atoms with Crippen molar-refractivity contribution in [1.82, 2.24) is 0 Å². The van der Waals surface area contributed by atoms with Gasteiger partial charge in [0.25, 0.3) is 0 Å². The van der Waals surface area contributed by atoms with Gasteiger partial charge in [0.2, 0.25) is 0 Å². The van der Waals surface area contributed by atoms with Gasteiger partial charge in [-0.15, -0.1) is 0 Å². The van der Waals surface area contributed by atoms with Crippen molar-refractivity contribution in [1.29, 1.82) is 0 Å². The summed E-state index contributed by atoms with van der Waals surface area (Å²) < 4.78 is 15.5. The number of hydrogen-bond donors (Lipinski definition) is 7. The Morgan fingerprint density at radius 3 is 2.08 bits per heavy atom. The van der Waals surface area contributed by atoms with Crippen LogP contribution in [0.15, 0.2) is 5.28 Å². The maximum absolute atomic E-state index is 10.2. The third-order valence-electron chi connectivity index (χ3n) is 4.16. The van der Waals surface area contributed by atoms with E-state index in [1.807, 2.05) is 0 Å². The van der Waals surface area contributed by atoms with Gasteiger partial charge < -0.3 is 54.8 Å². The van der Waals surface area contributed by atoms with Crippen LogP contribution in [-0.4, -0.2) is 110 Å². The Bertz CT molecular complexity index is 505. The lowest BCUT2D eigenvalue weighted by Crippen LogP contribution is -2.64. The summed E-state index contributed by atoms with van der Waals surface area (Å²) >= 11 is 0. The van der Waals surface area contributed by atoms with E-state index in [1.54, 1.807) is 0 Å². The predicted molar refractivity (Wildman–Crippen MR) is 76.6 cm³/mol. The molecule has 0 unspecified atom stereocenters. The van der Waals surface area contributed by atoms with Gasteiger partial charge >= 0.3 is 0 Å². The molecule has 0 aromatic rings. The van der Waals surface area contributed by atoms with E-state index in [9.17, 15) is 35.7 Å². The average Bonchev–Trinajstić information content (AvgIpc) is 2.63. The van der Waals surface area contributed by atoms with Gasteiger partial charge in [-0.05, 0) is 5.53 Å². The monoisotopic (exact) mass is 383 g/mol. The molecule has 14 heteroatoms. The molecular weight excluding hydrogens is 362 g/mol. The van der Waals surface area contributed by atoms with Crippen LogP contribution < -0.4 is 0 Å². The molecular formula is C12H21N3O11. The van der Waals surface area contributed by atoms with E-state index >= 15 is 0 Å². The first-order valence-electron chi connectivity index (χ1n) is 7.64. The van der Waals surface area contributed by atoms with Gasteiger partial charge in [-0.25, -0.2) is 0 Å². The zero-order valence-corrected chi connectivity index (χ0v) is 13.3. The molecule has 2 aliphatic rings. The molecule has 0 aromatic carbocycles. The summed E-state index contributed by atoms with van der Waals surface area (Å²) in [6.45, 7) is -1.42. The molecule has 2 saturated heterocycles. The predicted octanol–water partition coefficient (Wildman–Crippen LogP) is -4.15. The Balaban J connectivity index is 2.18. The normalized spacial score (nSPS) is 46.4. The minimum Gasteiger partial charge on any atom is -0.424 e. The summed E-state index contributed by atoms with van der Waals surface area (Å²) in [5, 5.41) is 70.8. The fraction of sp³-hybridized carbons (Fsp3) is 1.00. The topological polar surface area (TPSA) is 227 Å². The second-order valence-electron chi connectivity index (χ2n) is 5.78. The molecule has 2 heterocycles. The Labute approximate surface area is 146 Å². The minimum absolute atomic E-state index is 0.709. The SMILES string of the molecule is [N-]=[N+]=NO[C@@H]1[C@@H](O)[C@@H](O[C@H]2[C@H](O)[C@@H](O)[C@H](O)O[C@@H]2CO)O[C@H](CO)[C@H]1O. The Morgan fingerprint density at radius 2 is 1.50 bits per heavy atom. The van der Waals surface area contributed by atoms with Crippen LogP contribution in [0, 0.1) is 0 Å². The number of aliphatic hydroxyl groups is 7. The highest BCUT2D eigenvalue weighted by Crippen LogP contribution is 2.29. The smallest absolute Gasteiger partial charge is 0.188 e. The first-order chi connectivity index (χ1) is 12.3. The van der Waals surface area contributed by atoms with Crippen LogP contribution >= 0.6 is 0 Å². The average molecular weight is 383 g/mol. The zero-order valence-electron chi connectivity index (χ0n) is 13.3. The first-order valence-corrected chi connectivity index (χ1v) is 7.64. The molecule has 0 spiro atoms. The summed E-state index contributed by atoms with van der Waals surface area (Å²) in [5.41, 5.74) is 8.30. The highest BCUT2D eigenvalue weighted by atomic mass is 16.7. The number of nitrogens with zero attached hydrogens (tertiary/aromatic N) is 3. The second-order valence-corrected chi connectivity index (χ2v) is 5.78. The van der Waals surface area contributed by atoms with Gasteiger partial charge in [0.15, 0.2) is 18.7 Å². The standard InChI is InChI=1S/C12H21N3O11/c13-14-15-26-10-5(18)3(1-16)24-12(8(10)21)25-9-4(2-17)23-11(22)7(20)6(9)19/h3-12,16-22H,1-2H2/t3-,4-,5-,6-,7-,8-,9-,10+,11-,12-/m1/s1. The zero-order chi connectivity index (χ0) is 19.4. The van der Waals surface area contributed by atoms with Gasteiger partial charge in [0.1, 0.15) is 48.0 Å². The van der Waals surface area contributed by atoms with E-state index < -0.39 is 74.6 Å². The van der Waals surface area contributed by atoms with Crippen molar-refractivity contribution in [3.8, 4) is 0 Å². The molecule has 10 atom stereocenters. The van der Waals surface area contributed by atoms with Gasteiger partial charge in [0, 0.05) is 4.91 Å². The van der Waals surface area contributed by atoms with Crippen LogP contribution in [0.2, 0.25) is 0 Å². The van der Waals surface area contributed by atoms with Crippen molar-refractivity contribution in [2.24, 2.45) is 5.28 Å². The van der Waals surface area contributed by atoms with Gasteiger partial charge in [-0.1, -0.05) is 0 Å². The van der Waals surface area contributed by atoms with Crippen LogP contribution in [0.25, 0.3) is 10.4 Å². The summed E-state index contributed by atoms with van der Waals surface area (Å²) in [7, 11) is 0. The lowest BCUT2D eigenvalue weighted by atomic mass is 9.97. The van der Waals surface area contributed by atoms with Crippen molar-refractivity contribution < 1.29 is 54.8 Å². The van der Waals surface area contributed by atoms with Crippen molar-refractivity contribution in [2.75, 3.05) is 13.2 Å². The molecule has 2 aliphatic heterocycles. The lowest BCUT2D eigenvalue weighted by Gasteiger charge is -2.45. The molecule has 7 N–H and O–H groups in total. The van der Waals surface area contributed by atoms with Gasteiger partial charge in [0.05, 0.1) is 13.2 Å². The van der Waals surface area contributed by atoms with E-state index in [4.69, 9.17) is 19.7 Å². The van der Waals surface area contributed by atoms with E-state index in [-0.39, 0.29) is 0 Å². The highest BCUT2D eigenvalue weighted by Gasteiger charge is 2.51. The van der Waals surface area contributed by atoms with Crippen LogP contribution in [0.3, 0.4) is 0 Å². The third kappa shape index (κ3) is 4.16. The first kappa shape index (κ1) is 21.0. The summed E-state index contributed by atoms with van der Waals surface area (Å²) in [4.78, 5) is 6.96.